The molecule has 0 saturated carbocycles. The Bertz CT molecular complexity index is 502. The summed E-state index contributed by atoms with van der Waals surface area (Å²) in [7, 11) is 0. The van der Waals surface area contributed by atoms with Crippen molar-refractivity contribution in [3.05, 3.63) is 23.8 Å². The van der Waals surface area contributed by atoms with E-state index >= 15 is 0 Å². The van der Waals surface area contributed by atoms with Crippen LogP contribution in [0.25, 0.3) is 0 Å². The van der Waals surface area contributed by atoms with E-state index in [4.69, 9.17) is 10.8 Å². The number of nitrogens with one attached hydrogen (secondary N) is 1. The standard InChI is InChI=1S/C13H18N2O5/c1-7(14)4-12(18)15-9(13(19)20)5-8-2-3-10(16)11(17)6-8/h2-3,6-7,9,16-17H,4-5,14H2,1H3,(H,15,18)(H,19,20). The van der Waals surface area contributed by atoms with Gasteiger partial charge in [0.25, 0.3) is 0 Å². The molecule has 110 valence electrons. The maximum absolute atomic E-state index is 11.5. The van der Waals surface area contributed by atoms with Gasteiger partial charge in [-0.1, -0.05) is 6.07 Å². The van der Waals surface area contributed by atoms with E-state index in [0.717, 1.165) is 0 Å². The molecule has 7 heteroatoms. The smallest absolute Gasteiger partial charge is 0.326 e. The average Bonchev–Trinajstić information content (AvgIpc) is 2.31. The van der Waals surface area contributed by atoms with Gasteiger partial charge in [-0.25, -0.2) is 4.79 Å². The molecule has 1 amide bonds. The number of rotatable bonds is 6. The number of benzene rings is 1. The molecule has 0 aromatic heterocycles. The molecule has 0 bridgehead atoms. The quantitative estimate of drug-likeness (QED) is 0.464. The van der Waals surface area contributed by atoms with E-state index in [1.807, 2.05) is 0 Å². The van der Waals surface area contributed by atoms with E-state index in [9.17, 15) is 19.8 Å². The summed E-state index contributed by atoms with van der Waals surface area (Å²) >= 11 is 0. The van der Waals surface area contributed by atoms with Gasteiger partial charge in [0, 0.05) is 18.9 Å². The fraction of sp³-hybridized carbons (Fsp3) is 0.385. The number of amides is 1. The van der Waals surface area contributed by atoms with E-state index in [0.29, 0.717) is 5.56 Å². The minimum absolute atomic E-state index is 0.00609. The van der Waals surface area contributed by atoms with Crippen molar-refractivity contribution in [3.8, 4) is 11.5 Å². The highest BCUT2D eigenvalue weighted by atomic mass is 16.4. The number of phenolic OH excluding ortho intramolecular Hbond substituents is 2. The molecule has 7 nitrogen and oxygen atoms in total. The van der Waals surface area contributed by atoms with Crippen LogP contribution in [0.15, 0.2) is 18.2 Å². The van der Waals surface area contributed by atoms with Crippen LogP contribution in [-0.4, -0.2) is 39.3 Å². The summed E-state index contributed by atoms with van der Waals surface area (Å²) in [6.45, 7) is 1.65. The highest BCUT2D eigenvalue weighted by Crippen LogP contribution is 2.25. The van der Waals surface area contributed by atoms with E-state index in [2.05, 4.69) is 5.32 Å². The topological polar surface area (TPSA) is 133 Å². The van der Waals surface area contributed by atoms with E-state index in [-0.39, 0.29) is 30.4 Å². The second-order valence-electron chi connectivity index (χ2n) is 4.67. The van der Waals surface area contributed by atoms with Crippen molar-refractivity contribution in [1.82, 2.24) is 5.32 Å². The third-order valence-corrected chi connectivity index (χ3v) is 2.62. The Morgan fingerprint density at radius 1 is 1.30 bits per heavy atom. The molecule has 1 aromatic rings. The normalized spacial score (nSPS) is 13.5. The lowest BCUT2D eigenvalue weighted by Gasteiger charge is -2.15. The minimum atomic E-state index is -1.18. The van der Waals surface area contributed by atoms with Crippen molar-refractivity contribution in [3.63, 3.8) is 0 Å². The van der Waals surface area contributed by atoms with Crippen molar-refractivity contribution in [1.29, 1.82) is 0 Å². The lowest BCUT2D eigenvalue weighted by Crippen LogP contribution is -2.43. The van der Waals surface area contributed by atoms with E-state index in [1.165, 1.54) is 18.2 Å². The van der Waals surface area contributed by atoms with Gasteiger partial charge in [0.05, 0.1) is 0 Å². The van der Waals surface area contributed by atoms with Gasteiger partial charge in [0.1, 0.15) is 6.04 Å². The fourth-order valence-electron chi connectivity index (χ4n) is 1.68. The van der Waals surface area contributed by atoms with E-state index in [1.54, 1.807) is 6.92 Å². The van der Waals surface area contributed by atoms with Crippen LogP contribution in [0.3, 0.4) is 0 Å². The molecule has 1 rings (SSSR count). The Balaban J connectivity index is 2.74. The van der Waals surface area contributed by atoms with Crippen LogP contribution >= 0.6 is 0 Å². The molecule has 1 aromatic carbocycles. The second kappa shape index (κ2) is 6.76. The number of phenols is 2. The van der Waals surface area contributed by atoms with Gasteiger partial charge < -0.3 is 26.4 Å². The maximum atomic E-state index is 11.5. The first-order valence-electron chi connectivity index (χ1n) is 6.08. The molecular formula is C13H18N2O5. The molecule has 2 unspecified atom stereocenters. The first-order valence-corrected chi connectivity index (χ1v) is 6.08. The van der Waals surface area contributed by atoms with Gasteiger partial charge in [-0.05, 0) is 24.6 Å². The van der Waals surface area contributed by atoms with Crippen LogP contribution < -0.4 is 11.1 Å². The summed E-state index contributed by atoms with van der Waals surface area (Å²) in [5.41, 5.74) is 5.95. The summed E-state index contributed by atoms with van der Waals surface area (Å²) in [5, 5.41) is 30.0. The number of aliphatic carboxylic acids is 1. The molecule has 0 spiro atoms. The Morgan fingerprint density at radius 3 is 2.45 bits per heavy atom. The summed E-state index contributed by atoms with van der Waals surface area (Å²) in [4.78, 5) is 22.7. The number of hydrogen-bond donors (Lipinski definition) is 5. The largest absolute Gasteiger partial charge is 0.504 e. The first-order chi connectivity index (χ1) is 9.29. The third-order valence-electron chi connectivity index (χ3n) is 2.62. The number of nitrogens with two attached hydrogens (primary N) is 1. The van der Waals surface area contributed by atoms with Crippen molar-refractivity contribution in [2.45, 2.75) is 31.8 Å². The predicted molar refractivity (Wildman–Crippen MR) is 71.3 cm³/mol. The number of carboxylic acid groups (broad SMARTS) is 1. The Kier molecular flexibility index (Phi) is 5.33. The molecular weight excluding hydrogens is 264 g/mol. The van der Waals surface area contributed by atoms with Gasteiger partial charge in [-0.2, -0.15) is 0 Å². The average molecular weight is 282 g/mol. The van der Waals surface area contributed by atoms with Gasteiger partial charge in [-0.15, -0.1) is 0 Å². The zero-order valence-corrected chi connectivity index (χ0v) is 11.0. The highest BCUT2D eigenvalue weighted by molar-refractivity contribution is 5.84. The lowest BCUT2D eigenvalue weighted by atomic mass is 10.0. The molecule has 0 fully saturated rings. The Hall–Kier alpha value is -2.28. The molecule has 0 radical (unpaired) electrons. The molecule has 0 aliphatic heterocycles. The van der Waals surface area contributed by atoms with Crippen molar-refractivity contribution in [2.24, 2.45) is 5.73 Å². The van der Waals surface area contributed by atoms with Gasteiger partial charge in [0.15, 0.2) is 11.5 Å². The van der Waals surface area contributed by atoms with Gasteiger partial charge >= 0.3 is 5.97 Å². The zero-order valence-electron chi connectivity index (χ0n) is 11.0. The molecule has 6 N–H and O–H groups in total. The third kappa shape index (κ3) is 4.77. The minimum Gasteiger partial charge on any atom is -0.504 e. The van der Waals surface area contributed by atoms with Crippen LogP contribution in [0.2, 0.25) is 0 Å². The summed E-state index contributed by atoms with van der Waals surface area (Å²) in [6.07, 6.45) is 0.0263. The van der Waals surface area contributed by atoms with Crippen molar-refractivity contribution >= 4 is 11.9 Å². The van der Waals surface area contributed by atoms with Crippen LogP contribution in [0, 0.1) is 0 Å². The number of carboxylic acids is 1. The van der Waals surface area contributed by atoms with Crippen LogP contribution in [0.5, 0.6) is 11.5 Å². The van der Waals surface area contributed by atoms with Crippen LogP contribution in [0.4, 0.5) is 0 Å². The monoisotopic (exact) mass is 282 g/mol. The van der Waals surface area contributed by atoms with Gasteiger partial charge in [-0.3, -0.25) is 4.79 Å². The predicted octanol–water partition coefficient (Wildman–Crippen LogP) is -0.0530. The SMILES string of the molecule is CC(N)CC(=O)NC(Cc1ccc(O)c(O)c1)C(=O)O. The number of carbonyl (C=O) groups is 2. The fourth-order valence-corrected chi connectivity index (χ4v) is 1.68. The summed E-state index contributed by atoms with van der Waals surface area (Å²) in [6, 6.07) is 2.51. The van der Waals surface area contributed by atoms with Crippen molar-refractivity contribution < 1.29 is 24.9 Å². The Morgan fingerprint density at radius 2 is 1.95 bits per heavy atom. The van der Waals surface area contributed by atoms with Crippen molar-refractivity contribution in [2.75, 3.05) is 0 Å². The number of carbonyl (C=O) groups excluding carboxylic acids is 1. The molecule has 20 heavy (non-hydrogen) atoms. The Labute approximate surface area is 116 Å². The maximum Gasteiger partial charge on any atom is 0.326 e. The van der Waals surface area contributed by atoms with Crippen LogP contribution in [0.1, 0.15) is 18.9 Å². The first kappa shape index (κ1) is 15.8. The molecule has 0 saturated heterocycles. The molecule has 0 heterocycles. The summed E-state index contributed by atoms with van der Waals surface area (Å²) < 4.78 is 0. The zero-order chi connectivity index (χ0) is 15.3. The number of aromatic hydroxyl groups is 2. The molecule has 0 aliphatic rings. The van der Waals surface area contributed by atoms with E-state index < -0.39 is 17.9 Å². The molecule has 0 aliphatic carbocycles. The second-order valence-corrected chi connectivity index (χ2v) is 4.67. The summed E-state index contributed by atoms with van der Waals surface area (Å²) in [5.74, 6) is -2.26. The number of hydrogen-bond acceptors (Lipinski definition) is 5. The highest BCUT2D eigenvalue weighted by Gasteiger charge is 2.21. The van der Waals surface area contributed by atoms with Gasteiger partial charge in [0.2, 0.25) is 5.91 Å². The van der Waals surface area contributed by atoms with Crippen LogP contribution in [-0.2, 0) is 16.0 Å². The molecule has 2 atom stereocenters. The lowest BCUT2D eigenvalue weighted by molar-refractivity contribution is -0.141.